The van der Waals surface area contributed by atoms with E-state index in [9.17, 15) is 8.78 Å². The fraction of sp³-hybridized carbons (Fsp3) is 0.304. The molecule has 1 aromatic carbocycles. The summed E-state index contributed by atoms with van der Waals surface area (Å²) in [6.07, 6.45) is 2.07. The van der Waals surface area contributed by atoms with E-state index in [-0.39, 0.29) is 5.56 Å². The molecule has 4 aromatic rings. The van der Waals surface area contributed by atoms with E-state index in [4.69, 9.17) is 9.47 Å². The molecule has 12 heteroatoms. The van der Waals surface area contributed by atoms with Gasteiger partial charge in [-0.25, -0.2) is 28.4 Å². The molecule has 0 saturated heterocycles. The molecule has 4 rings (SSSR count). The number of likely N-dealkylation sites (N-methyl/N-ethyl adjacent to an activating group) is 1. The molecular formula is C23H26F2N8O2. The number of aromatic nitrogens is 5. The zero-order valence-electron chi connectivity index (χ0n) is 19.8. The molecule has 2 N–H and O–H groups in total. The summed E-state index contributed by atoms with van der Waals surface area (Å²) in [4.78, 5) is 14.9. The van der Waals surface area contributed by atoms with Gasteiger partial charge in [-0.1, -0.05) is 0 Å². The van der Waals surface area contributed by atoms with Crippen molar-refractivity contribution in [1.82, 2.24) is 29.6 Å². The second kappa shape index (κ2) is 10.5. The van der Waals surface area contributed by atoms with Crippen LogP contribution >= 0.6 is 0 Å². The first-order valence-corrected chi connectivity index (χ1v) is 10.8. The average Bonchev–Trinajstić information content (AvgIpc) is 3.21. The topological polar surface area (TPSA) is 102 Å². The zero-order valence-corrected chi connectivity index (χ0v) is 19.8. The van der Waals surface area contributed by atoms with Crippen LogP contribution in [0.5, 0.6) is 11.6 Å². The van der Waals surface area contributed by atoms with Crippen molar-refractivity contribution in [3.8, 4) is 17.3 Å². The predicted molar refractivity (Wildman–Crippen MR) is 129 cm³/mol. The summed E-state index contributed by atoms with van der Waals surface area (Å²) in [7, 11) is 6.92. The van der Waals surface area contributed by atoms with Crippen molar-refractivity contribution in [2.45, 2.75) is 6.43 Å². The number of anilines is 3. The van der Waals surface area contributed by atoms with Crippen molar-refractivity contribution in [1.29, 1.82) is 0 Å². The summed E-state index contributed by atoms with van der Waals surface area (Å²) < 4.78 is 39.3. The van der Waals surface area contributed by atoms with Crippen molar-refractivity contribution in [2.24, 2.45) is 0 Å². The van der Waals surface area contributed by atoms with E-state index in [0.717, 1.165) is 6.54 Å². The van der Waals surface area contributed by atoms with Gasteiger partial charge >= 0.3 is 0 Å². The van der Waals surface area contributed by atoms with Gasteiger partial charge in [0.2, 0.25) is 0 Å². The van der Waals surface area contributed by atoms with Crippen LogP contribution in [0.4, 0.5) is 26.2 Å². The molecule has 0 atom stereocenters. The van der Waals surface area contributed by atoms with Gasteiger partial charge in [-0.3, -0.25) is 0 Å². The number of ether oxygens (including phenoxy) is 2. The fourth-order valence-electron chi connectivity index (χ4n) is 3.48. The number of halogens is 2. The summed E-state index contributed by atoms with van der Waals surface area (Å²) in [5.74, 6) is 2.11. The highest BCUT2D eigenvalue weighted by atomic mass is 19.3. The molecule has 0 saturated carbocycles. The van der Waals surface area contributed by atoms with Crippen LogP contribution in [0.1, 0.15) is 12.0 Å². The Hall–Kier alpha value is -4.06. The maximum atomic E-state index is 13.5. The van der Waals surface area contributed by atoms with E-state index >= 15 is 0 Å². The molecule has 0 aliphatic heterocycles. The van der Waals surface area contributed by atoms with Gasteiger partial charge in [0.25, 0.3) is 12.3 Å². The third kappa shape index (κ3) is 5.22. The summed E-state index contributed by atoms with van der Waals surface area (Å²) in [5.41, 5.74) is 0.871. The molecule has 0 spiro atoms. The van der Waals surface area contributed by atoms with Crippen LogP contribution in [-0.4, -0.2) is 71.0 Å². The third-order valence-corrected chi connectivity index (χ3v) is 5.20. The highest BCUT2D eigenvalue weighted by molar-refractivity contribution is 5.92. The van der Waals surface area contributed by atoms with Crippen LogP contribution in [0, 0.1) is 0 Å². The molecule has 3 heterocycles. The van der Waals surface area contributed by atoms with Crippen LogP contribution < -0.4 is 20.1 Å². The Bertz CT molecular complexity index is 1310. The molecule has 0 fully saturated rings. The van der Waals surface area contributed by atoms with E-state index in [1.807, 2.05) is 19.0 Å². The fourth-order valence-corrected chi connectivity index (χ4v) is 3.48. The second-order valence-corrected chi connectivity index (χ2v) is 7.85. The number of nitrogens with one attached hydrogen (secondary N) is 2. The number of hydrogen-bond donors (Lipinski definition) is 2. The zero-order chi connectivity index (χ0) is 24.9. The highest BCUT2D eigenvalue weighted by Crippen LogP contribution is 2.34. The Kier molecular flexibility index (Phi) is 7.20. The van der Waals surface area contributed by atoms with E-state index < -0.39 is 6.43 Å². The van der Waals surface area contributed by atoms with Crippen LogP contribution in [0.25, 0.3) is 16.6 Å². The van der Waals surface area contributed by atoms with Gasteiger partial charge in [-0.15, -0.1) is 5.10 Å². The number of benzene rings is 1. The first-order valence-electron chi connectivity index (χ1n) is 10.8. The van der Waals surface area contributed by atoms with Crippen molar-refractivity contribution < 1.29 is 18.3 Å². The molecule has 0 aliphatic carbocycles. The summed E-state index contributed by atoms with van der Waals surface area (Å²) in [5, 5.41) is 11.8. The maximum absolute atomic E-state index is 13.5. The lowest BCUT2D eigenvalue weighted by molar-refractivity contribution is 0.151. The monoisotopic (exact) mass is 484 g/mol. The van der Waals surface area contributed by atoms with Gasteiger partial charge in [0.05, 0.1) is 25.1 Å². The predicted octanol–water partition coefficient (Wildman–Crippen LogP) is 3.88. The van der Waals surface area contributed by atoms with Gasteiger partial charge in [0.15, 0.2) is 11.6 Å². The minimum Gasteiger partial charge on any atom is -0.494 e. The number of pyridine rings is 1. The molecule has 0 bridgehead atoms. The standard InChI is InChI=1S/C23H26F2N8O2/c1-32(2)10-9-27-21-15-13-29-19(30-22-23(35-4)28-8-7-26-22)12-16(15)33(31-21)17-11-14(20(24)25)5-6-18(17)34-3/h5-8,11-13,20H,9-10H2,1-4H3,(H,27,31)(H,26,29,30). The molecule has 0 amide bonds. The number of hydrogen-bond acceptors (Lipinski definition) is 9. The molecule has 0 radical (unpaired) electrons. The number of alkyl halides is 2. The lowest BCUT2D eigenvalue weighted by Gasteiger charge is -2.12. The van der Waals surface area contributed by atoms with E-state index in [2.05, 4.69) is 30.7 Å². The molecule has 184 valence electrons. The maximum Gasteiger partial charge on any atom is 0.263 e. The van der Waals surface area contributed by atoms with Crippen LogP contribution in [0.15, 0.2) is 42.9 Å². The van der Waals surface area contributed by atoms with Crippen LogP contribution in [0.2, 0.25) is 0 Å². The van der Waals surface area contributed by atoms with E-state index in [0.29, 0.717) is 52.2 Å². The molecule has 3 aromatic heterocycles. The van der Waals surface area contributed by atoms with Gasteiger partial charge in [0.1, 0.15) is 17.3 Å². The Balaban J connectivity index is 1.83. The van der Waals surface area contributed by atoms with E-state index in [1.165, 1.54) is 44.8 Å². The average molecular weight is 485 g/mol. The second-order valence-electron chi connectivity index (χ2n) is 7.85. The Morgan fingerprint density at radius 2 is 1.83 bits per heavy atom. The van der Waals surface area contributed by atoms with Gasteiger partial charge in [-0.2, -0.15) is 0 Å². The summed E-state index contributed by atoms with van der Waals surface area (Å²) in [6.45, 7) is 1.40. The van der Waals surface area contributed by atoms with Crippen molar-refractivity contribution >= 4 is 28.4 Å². The third-order valence-electron chi connectivity index (χ3n) is 5.20. The Labute approximate surface area is 200 Å². The lowest BCUT2D eigenvalue weighted by Crippen LogP contribution is -2.21. The first-order chi connectivity index (χ1) is 16.9. The smallest absolute Gasteiger partial charge is 0.263 e. The molecular weight excluding hydrogens is 458 g/mol. The molecule has 10 nitrogen and oxygen atoms in total. The van der Waals surface area contributed by atoms with E-state index in [1.54, 1.807) is 16.9 Å². The quantitative estimate of drug-likeness (QED) is 0.347. The van der Waals surface area contributed by atoms with Gasteiger partial charge in [0, 0.05) is 43.3 Å². The number of nitrogens with zero attached hydrogens (tertiary/aromatic N) is 6. The lowest BCUT2D eigenvalue weighted by atomic mass is 10.2. The number of fused-ring (bicyclic) bond motifs is 1. The SMILES string of the molecule is COc1ccc(C(F)F)cc1-n1nc(NCCN(C)C)c2cnc(Nc3nccnc3OC)cc21. The van der Waals surface area contributed by atoms with Gasteiger partial charge < -0.3 is 25.0 Å². The minimum atomic E-state index is -2.64. The van der Waals surface area contributed by atoms with Gasteiger partial charge in [-0.05, 0) is 32.3 Å². The number of rotatable bonds is 10. The highest BCUT2D eigenvalue weighted by Gasteiger charge is 2.19. The summed E-state index contributed by atoms with van der Waals surface area (Å²) in [6, 6.07) is 5.97. The minimum absolute atomic E-state index is 0.136. The number of methoxy groups -OCH3 is 2. The van der Waals surface area contributed by atoms with Crippen molar-refractivity contribution in [2.75, 3.05) is 52.0 Å². The van der Waals surface area contributed by atoms with Crippen LogP contribution in [0.3, 0.4) is 0 Å². The van der Waals surface area contributed by atoms with Crippen molar-refractivity contribution in [3.63, 3.8) is 0 Å². The Morgan fingerprint density at radius 3 is 2.54 bits per heavy atom. The molecule has 35 heavy (non-hydrogen) atoms. The Morgan fingerprint density at radius 1 is 1.03 bits per heavy atom. The van der Waals surface area contributed by atoms with Crippen LogP contribution in [-0.2, 0) is 0 Å². The summed E-state index contributed by atoms with van der Waals surface area (Å²) >= 11 is 0. The first kappa shape index (κ1) is 24.1. The largest absolute Gasteiger partial charge is 0.494 e. The normalized spacial score (nSPS) is 11.3. The molecule has 0 unspecified atom stereocenters. The van der Waals surface area contributed by atoms with Crippen molar-refractivity contribution in [3.05, 3.63) is 48.4 Å². The molecule has 0 aliphatic rings.